The molecule has 1 aromatic heterocycles. The van der Waals surface area contributed by atoms with Crippen LogP contribution in [-0.4, -0.2) is 23.5 Å². The number of halogens is 1. The summed E-state index contributed by atoms with van der Waals surface area (Å²) in [5, 5.41) is 3.23. The number of aromatic nitrogens is 1. The van der Waals surface area contributed by atoms with Crippen molar-refractivity contribution >= 4 is 51.1 Å². The van der Waals surface area contributed by atoms with E-state index in [1.165, 1.54) is 6.07 Å². The number of ether oxygens (including phenoxy) is 1. The van der Waals surface area contributed by atoms with E-state index in [0.29, 0.717) is 16.6 Å². The second kappa shape index (κ2) is 7.47. The molecule has 0 spiro atoms. The SMILES string of the molecule is O=C(COC(=O)c1cc(=O)[nH]c2ccccc12)Nc1ccccc1I. The number of rotatable bonds is 4. The van der Waals surface area contributed by atoms with Gasteiger partial charge < -0.3 is 15.0 Å². The molecule has 0 aliphatic carbocycles. The summed E-state index contributed by atoms with van der Waals surface area (Å²) < 4.78 is 5.93. The highest BCUT2D eigenvalue weighted by Gasteiger charge is 2.15. The van der Waals surface area contributed by atoms with Crippen molar-refractivity contribution in [3.05, 3.63) is 74.1 Å². The van der Waals surface area contributed by atoms with Gasteiger partial charge >= 0.3 is 5.97 Å². The van der Waals surface area contributed by atoms with Gasteiger partial charge in [-0.25, -0.2) is 4.79 Å². The van der Waals surface area contributed by atoms with Crippen LogP contribution in [0, 0.1) is 3.57 Å². The normalized spacial score (nSPS) is 10.4. The molecule has 3 aromatic rings. The third kappa shape index (κ3) is 4.05. The second-order valence-electron chi connectivity index (χ2n) is 5.20. The Kier molecular flexibility index (Phi) is 5.13. The molecule has 2 N–H and O–H groups in total. The summed E-state index contributed by atoms with van der Waals surface area (Å²) in [6.07, 6.45) is 0. The zero-order chi connectivity index (χ0) is 17.8. The standard InChI is InChI=1S/C18H13IN2O4/c19-13-6-2-4-8-15(13)21-17(23)10-25-18(24)12-9-16(22)20-14-7-3-1-5-11(12)14/h1-9H,10H2,(H,20,22)(H,21,23). The molecular weight excluding hydrogens is 435 g/mol. The first-order valence-corrected chi connectivity index (χ1v) is 8.46. The summed E-state index contributed by atoms with van der Waals surface area (Å²) in [5.41, 5.74) is 0.895. The molecule has 126 valence electrons. The fraction of sp³-hybridized carbons (Fsp3) is 0.0556. The minimum Gasteiger partial charge on any atom is -0.452 e. The fourth-order valence-electron chi connectivity index (χ4n) is 2.33. The molecule has 0 unspecified atom stereocenters. The molecule has 1 heterocycles. The van der Waals surface area contributed by atoms with E-state index in [2.05, 4.69) is 32.9 Å². The van der Waals surface area contributed by atoms with Crippen molar-refractivity contribution in [1.82, 2.24) is 4.98 Å². The Hall–Kier alpha value is -2.68. The first kappa shape index (κ1) is 17.2. The van der Waals surface area contributed by atoms with Crippen LogP contribution in [0.15, 0.2) is 59.4 Å². The van der Waals surface area contributed by atoms with Crippen LogP contribution in [0.5, 0.6) is 0 Å². The lowest BCUT2D eigenvalue weighted by Gasteiger charge is -2.09. The molecule has 6 nitrogen and oxygen atoms in total. The van der Waals surface area contributed by atoms with Crippen molar-refractivity contribution in [2.24, 2.45) is 0 Å². The number of carbonyl (C=O) groups is 2. The monoisotopic (exact) mass is 448 g/mol. The number of fused-ring (bicyclic) bond motifs is 1. The van der Waals surface area contributed by atoms with Gasteiger partial charge in [-0.1, -0.05) is 30.3 Å². The Bertz CT molecular complexity index is 1010. The maximum Gasteiger partial charge on any atom is 0.339 e. The number of anilines is 1. The van der Waals surface area contributed by atoms with Gasteiger partial charge in [0.1, 0.15) is 0 Å². The highest BCUT2D eigenvalue weighted by Crippen LogP contribution is 2.17. The number of carbonyl (C=O) groups excluding carboxylic acids is 2. The Balaban J connectivity index is 1.72. The number of hydrogen-bond acceptors (Lipinski definition) is 4. The predicted octanol–water partition coefficient (Wildman–Crippen LogP) is 2.93. The van der Waals surface area contributed by atoms with Gasteiger partial charge in [-0.05, 0) is 40.8 Å². The Morgan fingerprint density at radius 3 is 2.60 bits per heavy atom. The van der Waals surface area contributed by atoms with Crippen LogP contribution < -0.4 is 10.9 Å². The van der Waals surface area contributed by atoms with Gasteiger partial charge in [0.15, 0.2) is 6.61 Å². The average Bonchev–Trinajstić information content (AvgIpc) is 2.61. The maximum absolute atomic E-state index is 12.3. The van der Waals surface area contributed by atoms with Crippen molar-refractivity contribution < 1.29 is 14.3 Å². The summed E-state index contributed by atoms with van der Waals surface area (Å²) in [5.74, 6) is -1.17. The number of para-hydroxylation sites is 2. The Morgan fingerprint density at radius 1 is 1.08 bits per heavy atom. The topological polar surface area (TPSA) is 88.3 Å². The summed E-state index contributed by atoms with van der Waals surface area (Å²) in [4.78, 5) is 38.6. The highest BCUT2D eigenvalue weighted by atomic mass is 127. The Labute approximate surface area is 156 Å². The van der Waals surface area contributed by atoms with Crippen molar-refractivity contribution in [3.63, 3.8) is 0 Å². The van der Waals surface area contributed by atoms with E-state index >= 15 is 0 Å². The van der Waals surface area contributed by atoms with Crippen molar-refractivity contribution in [1.29, 1.82) is 0 Å². The van der Waals surface area contributed by atoms with E-state index in [1.807, 2.05) is 12.1 Å². The van der Waals surface area contributed by atoms with Crippen molar-refractivity contribution in [2.75, 3.05) is 11.9 Å². The third-order valence-electron chi connectivity index (χ3n) is 3.45. The quantitative estimate of drug-likeness (QED) is 0.475. The first-order chi connectivity index (χ1) is 12.0. The lowest BCUT2D eigenvalue weighted by atomic mass is 10.1. The average molecular weight is 448 g/mol. The van der Waals surface area contributed by atoms with Crippen molar-refractivity contribution in [2.45, 2.75) is 0 Å². The van der Waals surface area contributed by atoms with Crippen LogP contribution in [0.2, 0.25) is 0 Å². The molecule has 2 aromatic carbocycles. The number of hydrogen-bond donors (Lipinski definition) is 2. The number of esters is 1. The molecule has 7 heteroatoms. The van der Waals surface area contributed by atoms with Crippen LogP contribution in [0.1, 0.15) is 10.4 Å². The molecule has 25 heavy (non-hydrogen) atoms. The van der Waals surface area contributed by atoms with Gasteiger partial charge in [0.25, 0.3) is 5.91 Å². The van der Waals surface area contributed by atoms with Gasteiger partial charge in [-0.15, -0.1) is 0 Å². The number of amides is 1. The van der Waals surface area contributed by atoms with Gasteiger partial charge in [0.05, 0.1) is 11.3 Å². The number of nitrogens with one attached hydrogen (secondary N) is 2. The summed E-state index contributed by atoms with van der Waals surface area (Å²) in [6, 6.07) is 15.3. The van der Waals surface area contributed by atoms with Crippen LogP contribution in [-0.2, 0) is 9.53 Å². The van der Waals surface area contributed by atoms with E-state index in [9.17, 15) is 14.4 Å². The molecule has 0 saturated heterocycles. The summed E-state index contributed by atoms with van der Waals surface area (Å²) in [7, 11) is 0. The molecular formula is C18H13IN2O4. The Morgan fingerprint density at radius 2 is 1.80 bits per heavy atom. The van der Waals surface area contributed by atoms with Gasteiger partial charge in [0.2, 0.25) is 5.56 Å². The molecule has 0 atom stereocenters. The minimum atomic E-state index is -0.722. The lowest BCUT2D eigenvalue weighted by molar-refractivity contribution is -0.119. The molecule has 0 saturated carbocycles. The largest absolute Gasteiger partial charge is 0.452 e. The third-order valence-corrected chi connectivity index (χ3v) is 4.39. The smallest absolute Gasteiger partial charge is 0.339 e. The lowest BCUT2D eigenvalue weighted by Crippen LogP contribution is -2.22. The number of H-pyrrole nitrogens is 1. The van der Waals surface area contributed by atoms with Crippen molar-refractivity contribution in [3.8, 4) is 0 Å². The molecule has 0 radical (unpaired) electrons. The predicted molar refractivity (Wildman–Crippen MR) is 103 cm³/mol. The van der Waals surface area contributed by atoms with Gasteiger partial charge in [-0.3, -0.25) is 9.59 Å². The molecule has 0 bridgehead atoms. The van der Waals surface area contributed by atoms with Crippen LogP contribution >= 0.6 is 22.6 Å². The molecule has 3 rings (SSSR count). The molecule has 1 amide bonds. The van der Waals surface area contributed by atoms with E-state index in [0.717, 1.165) is 3.57 Å². The molecule has 0 fully saturated rings. The molecule has 0 aliphatic rings. The van der Waals surface area contributed by atoms with Crippen LogP contribution in [0.25, 0.3) is 10.9 Å². The van der Waals surface area contributed by atoms with Gasteiger partial charge in [-0.2, -0.15) is 0 Å². The first-order valence-electron chi connectivity index (χ1n) is 7.38. The van der Waals surface area contributed by atoms with Crippen LogP contribution in [0.4, 0.5) is 5.69 Å². The number of benzene rings is 2. The zero-order valence-corrected chi connectivity index (χ0v) is 15.1. The van der Waals surface area contributed by atoms with E-state index in [-0.39, 0.29) is 5.56 Å². The number of aromatic amines is 1. The van der Waals surface area contributed by atoms with E-state index < -0.39 is 24.0 Å². The summed E-state index contributed by atoms with van der Waals surface area (Å²) >= 11 is 2.10. The van der Waals surface area contributed by atoms with E-state index in [4.69, 9.17) is 4.74 Å². The maximum atomic E-state index is 12.3. The minimum absolute atomic E-state index is 0.126. The highest BCUT2D eigenvalue weighted by molar-refractivity contribution is 14.1. The van der Waals surface area contributed by atoms with Crippen LogP contribution in [0.3, 0.4) is 0 Å². The zero-order valence-electron chi connectivity index (χ0n) is 12.9. The number of pyridine rings is 1. The second-order valence-corrected chi connectivity index (χ2v) is 6.36. The fourth-order valence-corrected chi connectivity index (χ4v) is 2.85. The summed E-state index contributed by atoms with van der Waals surface area (Å²) in [6.45, 7) is -0.440. The van der Waals surface area contributed by atoms with Gasteiger partial charge in [0, 0.05) is 20.5 Å². The molecule has 0 aliphatic heterocycles. The van der Waals surface area contributed by atoms with E-state index in [1.54, 1.807) is 36.4 Å².